The number of hydrazine groups is 3. The van der Waals surface area contributed by atoms with E-state index in [-0.39, 0.29) is 12.0 Å². The quantitative estimate of drug-likeness (QED) is 0.480. The molecule has 0 aromatic heterocycles. The maximum atomic E-state index is 11.9. The van der Waals surface area contributed by atoms with Gasteiger partial charge in [-0.2, -0.15) is 11.1 Å². The number of amides is 1. The van der Waals surface area contributed by atoms with Crippen LogP contribution in [0.4, 0.5) is 0 Å². The summed E-state index contributed by atoms with van der Waals surface area (Å²) in [6.07, 6.45) is -0.127. The van der Waals surface area contributed by atoms with Crippen molar-refractivity contribution >= 4 is 11.6 Å². The van der Waals surface area contributed by atoms with Gasteiger partial charge in [-0.25, -0.2) is 10.9 Å². The van der Waals surface area contributed by atoms with Gasteiger partial charge in [-0.3, -0.25) is 4.79 Å². The van der Waals surface area contributed by atoms with E-state index in [1.54, 1.807) is 0 Å². The fourth-order valence-electron chi connectivity index (χ4n) is 1.90. The molecule has 5 N–H and O–H groups in total. The minimum absolute atomic E-state index is 0.192. The van der Waals surface area contributed by atoms with Crippen LogP contribution < -0.4 is 27.2 Å². The normalized spacial score (nSPS) is 22.9. The molecule has 1 saturated heterocycles. The van der Waals surface area contributed by atoms with Crippen LogP contribution in [0.25, 0.3) is 0 Å². The highest BCUT2D eigenvalue weighted by Crippen LogP contribution is 2.26. The summed E-state index contributed by atoms with van der Waals surface area (Å²) in [7, 11) is 0. The maximum Gasteiger partial charge on any atom is 0.271 e. The van der Waals surface area contributed by atoms with Crippen LogP contribution in [0.1, 0.15) is 18.1 Å². The van der Waals surface area contributed by atoms with Gasteiger partial charge in [0.05, 0.1) is 0 Å². The summed E-state index contributed by atoms with van der Waals surface area (Å²) in [6.45, 7) is 0. The zero-order valence-corrected chi connectivity index (χ0v) is 10.0. The van der Waals surface area contributed by atoms with Gasteiger partial charge >= 0.3 is 0 Å². The third-order valence-corrected chi connectivity index (χ3v) is 2.87. The van der Waals surface area contributed by atoms with E-state index in [0.29, 0.717) is 12.1 Å². The zero-order chi connectivity index (χ0) is 13.1. The predicted molar refractivity (Wildman–Crippen MR) is 66.8 cm³/mol. The summed E-state index contributed by atoms with van der Waals surface area (Å²) >= 11 is 0. The number of rotatable bonds is 3. The van der Waals surface area contributed by atoms with Crippen LogP contribution in [0.3, 0.4) is 0 Å². The maximum absolute atomic E-state index is 11.9. The molecule has 0 saturated carbocycles. The number of hydrogen-bond acceptors (Lipinski definition) is 7. The Hall–Kier alpha value is -2.00. The lowest BCUT2D eigenvalue weighted by molar-refractivity contribution is -0.115. The number of nitrogens with zero attached hydrogens (tertiary/aromatic N) is 1. The molecule has 1 unspecified atom stereocenters. The average Bonchev–Trinajstić information content (AvgIpc) is 3.10. The SMILES string of the molecule is O=C(NC1NNNN1)C1=NOC(c2ccccc2)C1. The summed E-state index contributed by atoms with van der Waals surface area (Å²) in [4.78, 5) is 17.2. The van der Waals surface area contributed by atoms with Gasteiger partial charge in [-0.1, -0.05) is 35.5 Å². The first-order valence-corrected chi connectivity index (χ1v) is 5.92. The van der Waals surface area contributed by atoms with Crippen molar-refractivity contribution in [2.45, 2.75) is 18.8 Å². The first-order chi connectivity index (χ1) is 9.33. The predicted octanol–water partition coefficient (Wildman–Crippen LogP) is -0.979. The average molecular weight is 262 g/mol. The molecule has 8 heteroatoms. The Balaban J connectivity index is 1.57. The molecular formula is C11H14N6O2. The van der Waals surface area contributed by atoms with Gasteiger partial charge in [-0.15, -0.1) is 0 Å². The number of carbonyl (C=O) groups excluding carboxylic acids is 1. The molecular weight excluding hydrogens is 248 g/mol. The second-order valence-corrected chi connectivity index (χ2v) is 4.19. The van der Waals surface area contributed by atoms with Crippen LogP contribution in [0.2, 0.25) is 0 Å². The van der Waals surface area contributed by atoms with E-state index in [2.05, 4.69) is 32.4 Å². The van der Waals surface area contributed by atoms with Crippen molar-refractivity contribution in [3.05, 3.63) is 35.9 Å². The first kappa shape index (κ1) is 12.1. The Kier molecular flexibility index (Phi) is 3.38. The van der Waals surface area contributed by atoms with E-state index < -0.39 is 6.29 Å². The highest BCUT2D eigenvalue weighted by Gasteiger charge is 2.28. The zero-order valence-electron chi connectivity index (χ0n) is 10.0. The van der Waals surface area contributed by atoms with Gasteiger partial charge in [0.15, 0.2) is 12.4 Å². The van der Waals surface area contributed by atoms with Gasteiger partial charge in [0.25, 0.3) is 5.91 Å². The van der Waals surface area contributed by atoms with Gasteiger partial charge < -0.3 is 10.2 Å². The van der Waals surface area contributed by atoms with Crippen molar-refractivity contribution in [3.8, 4) is 0 Å². The fraction of sp³-hybridized carbons (Fsp3) is 0.273. The number of benzene rings is 1. The van der Waals surface area contributed by atoms with Gasteiger partial charge in [0.2, 0.25) is 0 Å². The molecule has 2 aliphatic rings. The van der Waals surface area contributed by atoms with Gasteiger partial charge in [-0.05, 0) is 5.56 Å². The van der Waals surface area contributed by atoms with Crippen molar-refractivity contribution in [2.24, 2.45) is 5.16 Å². The number of nitrogens with one attached hydrogen (secondary N) is 5. The topological polar surface area (TPSA) is 98.8 Å². The Morgan fingerprint density at radius 2 is 2.00 bits per heavy atom. The lowest BCUT2D eigenvalue weighted by Gasteiger charge is -2.10. The number of hydrogen-bond donors (Lipinski definition) is 5. The summed E-state index contributed by atoms with van der Waals surface area (Å²) in [5, 5.41) is 6.54. The Morgan fingerprint density at radius 3 is 2.74 bits per heavy atom. The van der Waals surface area contributed by atoms with Crippen molar-refractivity contribution in [1.29, 1.82) is 0 Å². The molecule has 100 valence electrons. The van der Waals surface area contributed by atoms with Crippen molar-refractivity contribution in [2.75, 3.05) is 0 Å². The second-order valence-electron chi connectivity index (χ2n) is 4.19. The van der Waals surface area contributed by atoms with Crippen molar-refractivity contribution in [3.63, 3.8) is 0 Å². The van der Waals surface area contributed by atoms with Crippen LogP contribution in [-0.4, -0.2) is 17.9 Å². The van der Waals surface area contributed by atoms with E-state index in [1.165, 1.54) is 0 Å². The monoisotopic (exact) mass is 262 g/mol. The van der Waals surface area contributed by atoms with E-state index in [1.807, 2.05) is 30.3 Å². The Morgan fingerprint density at radius 1 is 1.26 bits per heavy atom. The largest absolute Gasteiger partial charge is 0.387 e. The molecule has 1 atom stereocenters. The van der Waals surface area contributed by atoms with E-state index in [4.69, 9.17) is 4.84 Å². The van der Waals surface area contributed by atoms with Crippen molar-refractivity contribution < 1.29 is 9.63 Å². The van der Waals surface area contributed by atoms with Crippen LogP contribution in [0, 0.1) is 0 Å². The smallest absolute Gasteiger partial charge is 0.271 e. The summed E-state index contributed by atoms with van der Waals surface area (Å²) in [6, 6.07) is 9.70. The lowest BCUT2D eigenvalue weighted by atomic mass is 10.0. The number of carbonyl (C=O) groups is 1. The third kappa shape index (κ3) is 2.71. The van der Waals surface area contributed by atoms with Gasteiger partial charge in [0, 0.05) is 6.42 Å². The standard InChI is InChI=1S/C11H14N6O2/c18-10(12-11-13-16-17-14-11)8-6-9(19-15-8)7-4-2-1-3-5-7/h1-5,9,11,13-14,16-17H,6H2,(H,12,18). The summed E-state index contributed by atoms with van der Waals surface area (Å²) < 4.78 is 0. The van der Waals surface area contributed by atoms with E-state index in [9.17, 15) is 4.79 Å². The second kappa shape index (κ2) is 5.33. The molecule has 8 nitrogen and oxygen atoms in total. The lowest BCUT2D eigenvalue weighted by Crippen LogP contribution is -2.51. The molecule has 19 heavy (non-hydrogen) atoms. The molecule has 0 radical (unpaired) electrons. The molecule has 1 aromatic rings. The summed E-state index contributed by atoms with van der Waals surface area (Å²) in [5.74, 6) is -0.270. The van der Waals surface area contributed by atoms with Crippen molar-refractivity contribution in [1.82, 2.24) is 27.2 Å². The van der Waals surface area contributed by atoms with Crippen LogP contribution in [0.5, 0.6) is 0 Å². The summed E-state index contributed by atoms with van der Waals surface area (Å²) in [5.41, 5.74) is 12.1. The Labute approximate surface area is 109 Å². The minimum atomic E-state index is -0.397. The molecule has 2 aliphatic heterocycles. The minimum Gasteiger partial charge on any atom is -0.387 e. The molecule has 0 aliphatic carbocycles. The highest BCUT2D eigenvalue weighted by atomic mass is 16.6. The first-order valence-electron chi connectivity index (χ1n) is 5.92. The molecule has 0 spiro atoms. The molecule has 1 aromatic carbocycles. The molecule has 3 rings (SSSR count). The molecule has 0 bridgehead atoms. The van der Waals surface area contributed by atoms with Crippen LogP contribution >= 0.6 is 0 Å². The molecule has 2 heterocycles. The Bertz CT molecular complexity index is 485. The highest BCUT2D eigenvalue weighted by molar-refractivity contribution is 6.39. The fourth-order valence-corrected chi connectivity index (χ4v) is 1.90. The molecule has 1 fully saturated rings. The number of oxime groups is 1. The molecule has 1 amide bonds. The van der Waals surface area contributed by atoms with E-state index in [0.717, 1.165) is 5.56 Å². The van der Waals surface area contributed by atoms with E-state index >= 15 is 0 Å². The van der Waals surface area contributed by atoms with Gasteiger partial charge in [0.1, 0.15) is 5.71 Å². The third-order valence-electron chi connectivity index (χ3n) is 2.87. The van der Waals surface area contributed by atoms with Crippen LogP contribution in [-0.2, 0) is 9.63 Å². The van der Waals surface area contributed by atoms with Crippen LogP contribution in [0.15, 0.2) is 35.5 Å².